The first-order valence-electron chi connectivity index (χ1n) is 8.62. The number of thiol groups is 1. The Bertz CT molecular complexity index is 477. The number of hydrogen-bond acceptors (Lipinski definition) is 5. The average molecular weight is 376 g/mol. The number of amides is 2. The Balaban J connectivity index is 5.23. The van der Waals surface area contributed by atoms with Crippen LogP contribution in [0.15, 0.2) is 0 Å². The molecule has 0 unspecified atom stereocenters. The number of carbonyl (C=O) groups is 3. The molecule has 0 rings (SSSR count). The van der Waals surface area contributed by atoms with Crippen LogP contribution in [0.4, 0.5) is 0 Å². The number of rotatable bonds is 10. The van der Waals surface area contributed by atoms with Crippen molar-refractivity contribution in [3.8, 4) is 0 Å². The Kier molecular flexibility index (Phi) is 9.50. The summed E-state index contributed by atoms with van der Waals surface area (Å²) in [4.78, 5) is 36.3. The smallest absolute Gasteiger partial charge is 0.327 e. The van der Waals surface area contributed by atoms with Gasteiger partial charge >= 0.3 is 5.97 Å². The van der Waals surface area contributed by atoms with Gasteiger partial charge in [0.2, 0.25) is 11.8 Å². The molecule has 5 N–H and O–H groups in total. The molecule has 0 heterocycles. The second kappa shape index (κ2) is 10.0. The van der Waals surface area contributed by atoms with Crippen LogP contribution in [-0.2, 0) is 14.4 Å². The summed E-state index contributed by atoms with van der Waals surface area (Å²) in [6, 6.07) is -2.75. The minimum absolute atomic E-state index is 0.173. The van der Waals surface area contributed by atoms with E-state index in [4.69, 9.17) is 5.73 Å². The number of hydrogen-bond donors (Lipinski definition) is 5. The van der Waals surface area contributed by atoms with Gasteiger partial charge in [0.05, 0.1) is 6.04 Å². The van der Waals surface area contributed by atoms with Crippen LogP contribution < -0.4 is 16.4 Å². The molecule has 0 fully saturated rings. The van der Waals surface area contributed by atoms with Crippen LogP contribution in [0.1, 0.15) is 54.4 Å². The molecule has 7 nitrogen and oxygen atoms in total. The average Bonchev–Trinajstić information content (AvgIpc) is 2.46. The molecular formula is C17H33N3O4S. The summed E-state index contributed by atoms with van der Waals surface area (Å²) in [5, 5.41) is 14.5. The van der Waals surface area contributed by atoms with Crippen molar-refractivity contribution in [1.29, 1.82) is 0 Å². The molecule has 146 valence electrons. The third-order valence-corrected chi connectivity index (χ3v) is 4.35. The fraction of sp³-hybridized carbons (Fsp3) is 0.824. The Morgan fingerprint density at radius 1 is 1.12 bits per heavy atom. The van der Waals surface area contributed by atoms with Gasteiger partial charge in [0.15, 0.2) is 0 Å². The zero-order valence-corrected chi connectivity index (χ0v) is 16.9. The minimum atomic E-state index is -1.18. The highest BCUT2D eigenvalue weighted by Gasteiger charge is 2.37. The molecule has 0 aromatic heterocycles. The molecule has 8 heteroatoms. The third-order valence-electron chi connectivity index (χ3n) is 4.10. The van der Waals surface area contributed by atoms with E-state index in [-0.39, 0.29) is 11.8 Å². The van der Waals surface area contributed by atoms with Crippen molar-refractivity contribution in [3.05, 3.63) is 0 Å². The molecule has 0 aromatic carbocycles. The van der Waals surface area contributed by atoms with Crippen molar-refractivity contribution in [2.75, 3.05) is 0 Å². The molecule has 0 bridgehead atoms. The molecule has 25 heavy (non-hydrogen) atoms. The highest BCUT2D eigenvalue weighted by molar-refractivity contribution is 7.81. The molecule has 0 radical (unpaired) electrons. The molecule has 0 aliphatic rings. The fourth-order valence-corrected chi connectivity index (χ4v) is 2.52. The number of nitrogens with two attached hydrogens (primary N) is 1. The molecule has 2 amide bonds. The molecule has 0 aliphatic heterocycles. The SMILES string of the molecule is CC[C@H](C)[C@H](NC(=O)[C@@H](N)CC(C)C)C(=O)N[C@H](C(=O)O)C(C)(C)S. The normalized spacial score (nSPS) is 16.7. The van der Waals surface area contributed by atoms with Gasteiger partial charge in [-0.25, -0.2) is 4.79 Å². The van der Waals surface area contributed by atoms with E-state index in [9.17, 15) is 19.5 Å². The fourth-order valence-electron chi connectivity index (χ4n) is 2.35. The lowest BCUT2D eigenvalue weighted by atomic mass is 9.95. The number of aliphatic carboxylic acids is 1. The van der Waals surface area contributed by atoms with E-state index in [1.807, 2.05) is 27.7 Å². The van der Waals surface area contributed by atoms with Crippen molar-refractivity contribution in [2.24, 2.45) is 17.6 Å². The van der Waals surface area contributed by atoms with E-state index >= 15 is 0 Å². The first-order chi connectivity index (χ1) is 11.3. The third kappa shape index (κ3) is 8.09. The molecule has 4 atom stereocenters. The molecule has 0 aliphatic carbocycles. The summed E-state index contributed by atoms with van der Waals surface area (Å²) in [5.74, 6) is -2.06. The summed E-state index contributed by atoms with van der Waals surface area (Å²) >= 11 is 4.24. The maximum Gasteiger partial charge on any atom is 0.327 e. The monoisotopic (exact) mass is 375 g/mol. The highest BCUT2D eigenvalue weighted by atomic mass is 32.1. The van der Waals surface area contributed by atoms with Crippen molar-refractivity contribution >= 4 is 30.4 Å². The number of carboxylic acid groups (broad SMARTS) is 1. The Morgan fingerprint density at radius 3 is 2.00 bits per heavy atom. The topological polar surface area (TPSA) is 122 Å². The maximum absolute atomic E-state index is 12.6. The van der Waals surface area contributed by atoms with Crippen LogP contribution >= 0.6 is 12.6 Å². The van der Waals surface area contributed by atoms with Crippen LogP contribution in [-0.4, -0.2) is 45.8 Å². The largest absolute Gasteiger partial charge is 0.480 e. The summed E-state index contributed by atoms with van der Waals surface area (Å²) in [6.45, 7) is 10.8. The standard InChI is InChI=1S/C17H33N3O4S/c1-7-10(4)12(19-14(21)11(18)8-9(2)3)15(22)20-13(16(23)24)17(5,6)25/h9-13,25H,7-8,18H2,1-6H3,(H,19,21)(H,20,22)(H,23,24)/t10-,11-,12-,13+/m0/s1. The van der Waals surface area contributed by atoms with E-state index in [0.717, 1.165) is 0 Å². The predicted molar refractivity (Wildman–Crippen MR) is 101 cm³/mol. The first kappa shape index (κ1) is 23.7. The number of carbonyl (C=O) groups excluding carboxylic acids is 2. The van der Waals surface area contributed by atoms with E-state index in [1.54, 1.807) is 13.8 Å². The van der Waals surface area contributed by atoms with Crippen LogP contribution in [0.25, 0.3) is 0 Å². The zero-order valence-electron chi connectivity index (χ0n) is 16.0. The van der Waals surface area contributed by atoms with E-state index in [1.165, 1.54) is 0 Å². The van der Waals surface area contributed by atoms with E-state index < -0.39 is 40.7 Å². The molecular weight excluding hydrogens is 342 g/mol. The van der Waals surface area contributed by atoms with Gasteiger partial charge in [0, 0.05) is 4.75 Å². The predicted octanol–water partition coefficient (Wildman–Crippen LogP) is 1.17. The van der Waals surface area contributed by atoms with Crippen molar-refractivity contribution < 1.29 is 19.5 Å². The second-order valence-corrected chi connectivity index (χ2v) is 8.69. The maximum atomic E-state index is 12.6. The number of nitrogens with one attached hydrogen (secondary N) is 2. The second-order valence-electron chi connectivity index (χ2n) is 7.54. The highest BCUT2D eigenvalue weighted by Crippen LogP contribution is 2.19. The van der Waals surface area contributed by atoms with Gasteiger partial charge in [-0.3, -0.25) is 9.59 Å². The Hall–Kier alpha value is -1.28. The van der Waals surface area contributed by atoms with Crippen molar-refractivity contribution in [3.63, 3.8) is 0 Å². The van der Waals surface area contributed by atoms with Gasteiger partial charge in [0.1, 0.15) is 12.1 Å². The van der Waals surface area contributed by atoms with E-state index in [2.05, 4.69) is 23.3 Å². The van der Waals surface area contributed by atoms with Gasteiger partial charge in [0.25, 0.3) is 0 Å². The first-order valence-corrected chi connectivity index (χ1v) is 9.07. The lowest BCUT2D eigenvalue weighted by Gasteiger charge is -2.31. The summed E-state index contributed by atoms with van der Waals surface area (Å²) in [5.41, 5.74) is 5.88. The van der Waals surface area contributed by atoms with Crippen LogP contribution in [0, 0.1) is 11.8 Å². The molecule has 0 aromatic rings. The Labute approximate surface area is 155 Å². The molecule has 0 spiro atoms. The zero-order chi connectivity index (χ0) is 19.9. The van der Waals surface area contributed by atoms with Gasteiger partial charge in [-0.1, -0.05) is 34.1 Å². The summed E-state index contributed by atoms with van der Waals surface area (Å²) in [7, 11) is 0. The van der Waals surface area contributed by atoms with Gasteiger partial charge in [-0.2, -0.15) is 12.6 Å². The van der Waals surface area contributed by atoms with Crippen LogP contribution in [0.3, 0.4) is 0 Å². The molecule has 0 saturated carbocycles. The lowest BCUT2D eigenvalue weighted by molar-refractivity contribution is -0.143. The summed E-state index contributed by atoms with van der Waals surface area (Å²) in [6.07, 6.45) is 1.14. The molecule has 0 saturated heterocycles. The van der Waals surface area contributed by atoms with Gasteiger partial charge < -0.3 is 21.5 Å². The quantitative estimate of drug-likeness (QED) is 0.367. The van der Waals surface area contributed by atoms with E-state index in [0.29, 0.717) is 12.8 Å². The van der Waals surface area contributed by atoms with Gasteiger partial charge in [-0.15, -0.1) is 0 Å². The number of carboxylic acids is 1. The summed E-state index contributed by atoms with van der Waals surface area (Å²) < 4.78 is -0.959. The minimum Gasteiger partial charge on any atom is -0.480 e. The lowest BCUT2D eigenvalue weighted by Crippen LogP contribution is -2.59. The van der Waals surface area contributed by atoms with Crippen molar-refractivity contribution in [1.82, 2.24) is 10.6 Å². The van der Waals surface area contributed by atoms with Crippen molar-refractivity contribution in [2.45, 2.75) is 77.3 Å². The van der Waals surface area contributed by atoms with Crippen LogP contribution in [0.5, 0.6) is 0 Å². The van der Waals surface area contributed by atoms with Gasteiger partial charge in [-0.05, 0) is 32.1 Å². The van der Waals surface area contributed by atoms with Crippen LogP contribution in [0.2, 0.25) is 0 Å². The Morgan fingerprint density at radius 2 is 1.64 bits per heavy atom.